The van der Waals surface area contributed by atoms with Crippen LogP contribution in [0.1, 0.15) is 72.1 Å². The van der Waals surface area contributed by atoms with Gasteiger partial charge in [0.05, 0.1) is 0 Å². The van der Waals surface area contributed by atoms with Crippen LogP contribution in [0.15, 0.2) is 0 Å². The van der Waals surface area contributed by atoms with Crippen molar-refractivity contribution in [1.82, 2.24) is 10.2 Å². The molecule has 0 spiro atoms. The van der Waals surface area contributed by atoms with Crippen molar-refractivity contribution in [2.24, 2.45) is 5.73 Å². The molecule has 0 aliphatic rings. The molecule has 5 N–H and O–H groups in total. The van der Waals surface area contributed by atoms with E-state index in [1.54, 1.807) is 0 Å². The van der Waals surface area contributed by atoms with E-state index in [0.29, 0.717) is 13.1 Å². The van der Waals surface area contributed by atoms with Crippen LogP contribution in [-0.4, -0.2) is 52.3 Å². The largest absolute Gasteiger partial charge is 0.465 e. The van der Waals surface area contributed by atoms with Gasteiger partial charge in [-0.1, -0.05) is 52.4 Å². The van der Waals surface area contributed by atoms with Gasteiger partial charge < -0.3 is 21.3 Å². The van der Waals surface area contributed by atoms with Gasteiger partial charge in [-0.3, -0.25) is 9.69 Å². The second-order valence-electron chi connectivity index (χ2n) is 5.91. The Kier molecular flexibility index (Phi) is 17.0. The molecular formula is C17H35N3O5. The Morgan fingerprint density at radius 3 is 1.88 bits per heavy atom. The number of hydrogen-bond acceptors (Lipinski definition) is 3. The summed E-state index contributed by atoms with van der Waals surface area (Å²) in [7, 11) is 0. The van der Waals surface area contributed by atoms with E-state index >= 15 is 0 Å². The molecule has 0 rings (SSSR count). The van der Waals surface area contributed by atoms with Crippen LogP contribution in [0, 0.1) is 0 Å². The number of nitrogens with zero attached hydrogens (tertiary/aromatic N) is 1. The van der Waals surface area contributed by atoms with Gasteiger partial charge in [-0.05, 0) is 19.8 Å². The van der Waals surface area contributed by atoms with Crippen LogP contribution in [0.2, 0.25) is 0 Å². The summed E-state index contributed by atoms with van der Waals surface area (Å²) in [5.74, 6) is -0.604. The summed E-state index contributed by atoms with van der Waals surface area (Å²) >= 11 is 0. The molecule has 0 heterocycles. The van der Waals surface area contributed by atoms with Crippen molar-refractivity contribution in [2.75, 3.05) is 13.1 Å². The van der Waals surface area contributed by atoms with Gasteiger partial charge in [0.2, 0.25) is 5.91 Å². The fraction of sp³-hybridized carbons (Fsp3) is 0.824. The second kappa shape index (κ2) is 16.9. The van der Waals surface area contributed by atoms with Crippen molar-refractivity contribution in [3.8, 4) is 0 Å². The third-order valence-electron chi connectivity index (χ3n) is 3.68. The highest BCUT2D eigenvalue weighted by atomic mass is 16.4. The first-order valence-electron chi connectivity index (χ1n) is 9.03. The minimum atomic E-state index is -1.09. The van der Waals surface area contributed by atoms with Crippen LogP contribution in [0.4, 0.5) is 9.59 Å². The molecule has 25 heavy (non-hydrogen) atoms. The Bertz CT molecular complexity index is 377. The minimum absolute atomic E-state index is 0.374. The molecule has 0 radical (unpaired) electrons. The molecule has 0 bridgehead atoms. The predicted octanol–water partition coefficient (Wildman–Crippen LogP) is 3.25. The highest BCUT2D eigenvalue weighted by Crippen LogP contribution is 2.05. The first-order valence-corrected chi connectivity index (χ1v) is 9.03. The van der Waals surface area contributed by atoms with Crippen LogP contribution in [0.5, 0.6) is 0 Å². The SMILES string of the molecule is CCCCCCN(C(=O)O)C(C)C(N)=O.CCCCCCNC(=O)O. The molecule has 8 nitrogen and oxygen atoms in total. The number of carboxylic acid groups (broad SMARTS) is 2. The third kappa shape index (κ3) is 16.6. The van der Waals surface area contributed by atoms with Gasteiger partial charge in [-0.25, -0.2) is 9.59 Å². The number of primary amides is 1. The molecule has 3 amide bonds. The van der Waals surface area contributed by atoms with Crippen molar-refractivity contribution in [3.63, 3.8) is 0 Å². The zero-order chi connectivity index (χ0) is 19.7. The molecule has 8 heteroatoms. The Morgan fingerprint density at radius 2 is 1.48 bits per heavy atom. The lowest BCUT2D eigenvalue weighted by Crippen LogP contribution is -2.45. The monoisotopic (exact) mass is 361 g/mol. The van der Waals surface area contributed by atoms with Crippen molar-refractivity contribution in [2.45, 2.75) is 78.2 Å². The van der Waals surface area contributed by atoms with Gasteiger partial charge in [0, 0.05) is 13.1 Å². The lowest BCUT2D eigenvalue weighted by Gasteiger charge is -2.23. The standard InChI is InChI=1S/C10H20N2O3.C7H15NO2/c1-3-4-5-6-7-12(10(14)15)8(2)9(11)13;1-2-3-4-5-6-8-7(9)10/h8H,3-7H2,1-2H3,(H2,11,13)(H,14,15);8H,2-6H2,1H3,(H,9,10). The van der Waals surface area contributed by atoms with Crippen LogP contribution >= 0.6 is 0 Å². The molecule has 0 fully saturated rings. The Hall–Kier alpha value is -1.99. The lowest BCUT2D eigenvalue weighted by atomic mass is 10.2. The number of nitrogens with one attached hydrogen (secondary N) is 1. The summed E-state index contributed by atoms with van der Waals surface area (Å²) in [6, 6.07) is -0.746. The molecule has 0 aromatic heterocycles. The maximum absolute atomic E-state index is 10.9. The van der Waals surface area contributed by atoms with Crippen LogP contribution in [-0.2, 0) is 4.79 Å². The van der Waals surface area contributed by atoms with Gasteiger partial charge in [0.15, 0.2) is 0 Å². The van der Waals surface area contributed by atoms with E-state index in [9.17, 15) is 14.4 Å². The maximum atomic E-state index is 10.9. The number of hydrogen-bond donors (Lipinski definition) is 4. The number of unbranched alkanes of at least 4 members (excludes halogenated alkanes) is 6. The molecule has 148 valence electrons. The normalized spacial score (nSPS) is 11.0. The molecule has 0 aliphatic carbocycles. The van der Waals surface area contributed by atoms with Gasteiger partial charge >= 0.3 is 12.2 Å². The highest BCUT2D eigenvalue weighted by Gasteiger charge is 2.22. The number of amides is 3. The van der Waals surface area contributed by atoms with E-state index in [4.69, 9.17) is 15.9 Å². The second-order valence-corrected chi connectivity index (χ2v) is 5.91. The number of carbonyl (C=O) groups is 3. The Morgan fingerprint density at radius 1 is 0.960 bits per heavy atom. The van der Waals surface area contributed by atoms with Crippen LogP contribution < -0.4 is 11.1 Å². The molecular weight excluding hydrogens is 326 g/mol. The zero-order valence-electron chi connectivity index (χ0n) is 15.8. The topological polar surface area (TPSA) is 133 Å². The van der Waals surface area contributed by atoms with Crippen LogP contribution in [0.3, 0.4) is 0 Å². The van der Waals surface area contributed by atoms with Gasteiger partial charge in [0.25, 0.3) is 0 Å². The van der Waals surface area contributed by atoms with Gasteiger partial charge in [-0.2, -0.15) is 0 Å². The Labute approximate surface area is 150 Å². The van der Waals surface area contributed by atoms with E-state index in [1.165, 1.54) is 19.8 Å². The first kappa shape index (κ1) is 25.3. The van der Waals surface area contributed by atoms with Crippen molar-refractivity contribution in [3.05, 3.63) is 0 Å². The minimum Gasteiger partial charge on any atom is -0.465 e. The molecule has 0 saturated carbocycles. The quantitative estimate of drug-likeness (QED) is 0.396. The molecule has 0 aromatic carbocycles. The summed E-state index contributed by atoms with van der Waals surface area (Å²) < 4.78 is 0. The average Bonchev–Trinajstić information content (AvgIpc) is 2.54. The summed E-state index contributed by atoms with van der Waals surface area (Å²) in [4.78, 5) is 32.7. The van der Waals surface area contributed by atoms with Crippen molar-refractivity contribution in [1.29, 1.82) is 0 Å². The molecule has 0 aliphatic heterocycles. The maximum Gasteiger partial charge on any atom is 0.407 e. The lowest BCUT2D eigenvalue weighted by molar-refractivity contribution is -0.122. The van der Waals surface area contributed by atoms with E-state index in [-0.39, 0.29) is 0 Å². The smallest absolute Gasteiger partial charge is 0.407 e. The predicted molar refractivity (Wildman–Crippen MR) is 97.7 cm³/mol. The molecule has 1 atom stereocenters. The molecule has 0 saturated heterocycles. The zero-order valence-corrected chi connectivity index (χ0v) is 15.8. The van der Waals surface area contributed by atoms with E-state index in [0.717, 1.165) is 43.4 Å². The van der Waals surface area contributed by atoms with Gasteiger partial charge in [-0.15, -0.1) is 0 Å². The fourth-order valence-electron chi connectivity index (χ4n) is 2.06. The summed E-state index contributed by atoms with van der Waals surface area (Å²) in [6.45, 7) is 6.69. The number of rotatable bonds is 12. The van der Waals surface area contributed by atoms with E-state index in [1.807, 2.05) is 0 Å². The summed E-state index contributed by atoms with van der Waals surface area (Å²) in [5.41, 5.74) is 5.06. The number of carbonyl (C=O) groups excluding carboxylic acids is 1. The van der Waals surface area contributed by atoms with Crippen molar-refractivity contribution >= 4 is 18.1 Å². The van der Waals surface area contributed by atoms with Crippen LogP contribution in [0.25, 0.3) is 0 Å². The molecule has 0 aromatic rings. The first-order chi connectivity index (χ1) is 11.8. The third-order valence-corrected chi connectivity index (χ3v) is 3.68. The highest BCUT2D eigenvalue weighted by molar-refractivity contribution is 5.83. The molecule has 1 unspecified atom stereocenters. The summed E-state index contributed by atoms with van der Waals surface area (Å²) in [5, 5.41) is 19.3. The number of nitrogens with two attached hydrogens (primary N) is 1. The Balaban J connectivity index is 0. The van der Waals surface area contributed by atoms with E-state index < -0.39 is 24.1 Å². The summed E-state index contributed by atoms with van der Waals surface area (Å²) in [6.07, 6.45) is 6.39. The van der Waals surface area contributed by atoms with Crippen molar-refractivity contribution < 1.29 is 24.6 Å². The fourth-order valence-corrected chi connectivity index (χ4v) is 2.06. The van der Waals surface area contributed by atoms with E-state index in [2.05, 4.69) is 19.2 Å². The van der Waals surface area contributed by atoms with Gasteiger partial charge in [0.1, 0.15) is 6.04 Å². The average molecular weight is 361 g/mol.